The number of halogens is 1. The fourth-order valence-electron chi connectivity index (χ4n) is 1.13. The first kappa shape index (κ1) is 11.9. The smallest absolute Gasteiger partial charge is 0.165 e. The van der Waals surface area contributed by atoms with Crippen LogP contribution in [0.5, 0.6) is 11.5 Å². The monoisotopic (exact) mass is 227 g/mol. The van der Waals surface area contributed by atoms with E-state index in [4.69, 9.17) is 22.1 Å². The quantitative estimate of drug-likeness (QED) is 0.834. The Balaban J connectivity index is 3.12. The predicted octanol–water partition coefficient (Wildman–Crippen LogP) is 2.41. The maximum atomic E-state index is 9.75. The fraction of sp³-hybridized carbons (Fsp3) is 0.273. The second-order valence-corrected chi connectivity index (χ2v) is 3.70. The second kappa shape index (κ2) is 5.05. The normalized spacial score (nSPS) is 13.1. The molecule has 0 fully saturated rings. The zero-order chi connectivity index (χ0) is 11.4. The summed E-state index contributed by atoms with van der Waals surface area (Å²) in [6.07, 6.45) is 3.49. The lowest BCUT2D eigenvalue weighted by Crippen LogP contribution is -2.09. The molecule has 1 unspecified atom stereocenters. The molecule has 0 aliphatic heterocycles. The Bertz CT molecular complexity index is 375. The summed E-state index contributed by atoms with van der Waals surface area (Å²) in [5, 5.41) is 10.3. The Labute approximate surface area is 94.1 Å². The van der Waals surface area contributed by atoms with E-state index in [1.165, 1.54) is 7.11 Å². The average Bonchev–Trinajstić information content (AvgIpc) is 2.18. The molecule has 4 heteroatoms. The van der Waals surface area contributed by atoms with Crippen molar-refractivity contribution in [3.8, 4) is 11.5 Å². The first-order valence-electron chi connectivity index (χ1n) is 4.55. The number of hydrogen-bond donors (Lipinski definition) is 2. The minimum Gasteiger partial charge on any atom is -0.504 e. The Kier molecular flexibility index (Phi) is 4.00. The minimum atomic E-state index is -0.0747. The fourth-order valence-corrected chi connectivity index (χ4v) is 1.35. The minimum absolute atomic E-state index is 0.0683. The van der Waals surface area contributed by atoms with Gasteiger partial charge in [-0.2, -0.15) is 0 Å². The Hall–Kier alpha value is -1.19. The number of nitrogens with two attached hydrogens (primary N) is 1. The third-order valence-corrected chi connectivity index (χ3v) is 2.09. The summed E-state index contributed by atoms with van der Waals surface area (Å²) in [6, 6.07) is 3.13. The number of methoxy groups -OCH3 is 1. The first-order valence-corrected chi connectivity index (χ1v) is 4.92. The zero-order valence-corrected chi connectivity index (χ0v) is 9.45. The molecule has 0 heterocycles. The van der Waals surface area contributed by atoms with Crippen LogP contribution < -0.4 is 10.5 Å². The Morgan fingerprint density at radius 1 is 1.53 bits per heavy atom. The molecule has 3 nitrogen and oxygen atoms in total. The predicted molar refractivity (Wildman–Crippen MR) is 62.4 cm³/mol. The van der Waals surface area contributed by atoms with Gasteiger partial charge in [-0.15, -0.1) is 0 Å². The van der Waals surface area contributed by atoms with Crippen molar-refractivity contribution in [2.75, 3.05) is 7.11 Å². The number of phenols is 1. The van der Waals surface area contributed by atoms with Crippen LogP contribution in [0.1, 0.15) is 12.5 Å². The summed E-state index contributed by atoms with van der Waals surface area (Å²) in [6.45, 7) is 1.84. The molecule has 0 saturated carbocycles. The van der Waals surface area contributed by atoms with Crippen molar-refractivity contribution in [2.24, 2.45) is 5.73 Å². The first-order chi connectivity index (χ1) is 7.04. The lowest BCUT2D eigenvalue weighted by atomic mass is 10.1. The highest BCUT2D eigenvalue weighted by Gasteiger charge is 2.07. The van der Waals surface area contributed by atoms with Crippen LogP contribution in [0.3, 0.4) is 0 Å². The van der Waals surface area contributed by atoms with Gasteiger partial charge < -0.3 is 15.6 Å². The molecule has 1 atom stereocenters. The highest BCUT2D eigenvalue weighted by Crippen LogP contribution is 2.34. The summed E-state index contributed by atoms with van der Waals surface area (Å²) < 4.78 is 4.97. The van der Waals surface area contributed by atoms with E-state index in [9.17, 15) is 5.11 Å². The highest BCUT2D eigenvalue weighted by atomic mass is 35.5. The van der Waals surface area contributed by atoms with E-state index in [1.807, 2.05) is 6.92 Å². The number of benzene rings is 1. The number of phenolic OH excluding ortho intramolecular Hbond substituents is 1. The molecular formula is C11H14ClNO2. The maximum Gasteiger partial charge on any atom is 0.165 e. The van der Waals surface area contributed by atoms with Crippen molar-refractivity contribution in [1.82, 2.24) is 0 Å². The van der Waals surface area contributed by atoms with Gasteiger partial charge in [-0.1, -0.05) is 23.8 Å². The molecule has 0 bridgehead atoms. The lowest BCUT2D eigenvalue weighted by molar-refractivity contribution is 0.373. The van der Waals surface area contributed by atoms with Gasteiger partial charge >= 0.3 is 0 Å². The molecule has 1 aromatic carbocycles. The molecule has 0 aliphatic carbocycles. The van der Waals surface area contributed by atoms with Crippen molar-refractivity contribution in [3.63, 3.8) is 0 Å². The van der Waals surface area contributed by atoms with Crippen LogP contribution >= 0.6 is 11.6 Å². The Morgan fingerprint density at radius 3 is 2.73 bits per heavy atom. The van der Waals surface area contributed by atoms with Gasteiger partial charge in [0.15, 0.2) is 11.5 Å². The molecule has 0 aliphatic rings. The van der Waals surface area contributed by atoms with Crippen LogP contribution in [0.4, 0.5) is 0 Å². The SMILES string of the molecule is COc1cc(Cl)cc(/C=C/C(C)N)c1O. The summed E-state index contributed by atoms with van der Waals surface area (Å²) in [5.41, 5.74) is 6.16. The summed E-state index contributed by atoms with van der Waals surface area (Å²) in [4.78, 5) is 0. The number of ether oxygens (including phenoxy) is 1. The summed E-state index contributed by atoms with van der Waals surface area (Å²) >= 11 is 5.86. The molecule has 1 aromatic rings. The van der Waals surface area contributed by atoms with Crippen LogP contribution in [0.15, 0.2) is 18.2 Å². The highest BCUT2D eigenvalue weighted by molar-refractivity contribution is 6.31. The Morgan fingerprint density at radius 2 is 2.20 bits per heavy atom. The van der Waals surface area contributed by atoms with Gasteiger partial charge in [-0.3, -0.25) is 0 Å². The molecule has 15 heavy (non-hydrogen) atoms. The van der Waals surface area contributed by atoms with Gasteiger partial charge in [0.2, 0.25) is 0 Å². The third kappa shape index (κ3) is 3.15. The van der Waals surface area contributed by atoms with Crippen LogP contribution in [-0.4, -0.2) is 18.3 Å². The largest absolute Gasteiger partial charge is 0.504 e. The van der Waals surface area contributed by atoms with E-state index in [1.54, 1.807) is 24.3 Å². The standard InChI is InChI=1S/C11H14ClNO2/c1-7(13)3-4-8-5-9(12)6-10(15-2)11(8)14/h3-7,14H,13H2,1-2H3/b4-3+. The number of rotatable bonds is 3. The van der Waals surface area contributed by atoms with Crippen LogP contribution in [0.25, 0.3) is 6.08 Å². The zero-order valence-electron chi connectivity index (χ0n) is 8.70. The van der Waals surface area contributed by atoms with Gasteiger partial charge in [-0.05, 0) is 13.0 Å². The van der Waals surface area contributed by atoms with Crippen molar-refractivity contribution >= 4 is 17.7 Å². The second-order valence-electron chi connectivity index (χ2n) is 3.26. The summed E-state index contributed by atoms with van der Waals surface area (Å²) in [7, 11) is 1.48. The van der Waals surface area contributed by atoms with Crippen LogP contribution in [0.2, 0.25) is 5.02 Å². The topological polar surface area (TPSA) is 55.5 Å². The molecular weight excluding hydrogens is 214 g/mol. The maximum absolute atomic E-state index is 9.75. The van der Waals surface area contributed by atoms with Gasteiger partial charge in [0.1, 0.15) is 0 Å². The van der Waals surface area contributed by atoms with Crippen molar-refractivity contribution < 1.29 is 9.84 Å². The van der Waals surface area contributed by atoms with Gasteiger partial charge in [0.05, 0.1) is 7.11 Å². The molecule has 0 radical (unpaired) electrons. The molecule has 0 saturated heterocycles. The van der Waals surface area contributed by atoms with Gasteiger partial charge in [-0.25, -0.2) is 0 Å². The molecule has 0 aromatic heterocycles. The van der Waals surface area contributed by atoms with E-state index in [0.717, 1.165) is 0 Å². The third-order valence-electron chi connectivity index (χ3n) is 1.87. The average molecular weight is 228 g/mol. The van der Waals surface area contributed by atoms with Gasteiger partial charge in [0.25, 0.3) is 0 Å². The van der Waals surface area contributed by atoms with Crippen molar-refractivity contribution in [3.05, 3.63) is 28.8 Å². The van der Waals surface area contributed by atoms with E-state index < -0.39 is 0 Å². The molecule has 82 valence electrons. The van der Waals surface area contributed by atoms with Crippen LogP contribution in [-0.2, 0) is 0 Å². The van der Waals surface area contributed by atoms with Crippen molar-refractivity contribution in [2.45, 2.75) is 13.0 Å². The number of aromatic hydroxyl groups is 1. The van der Waals surface area contributed by atoms with Crippen LogP contribution in [0, 0.1) is 0 Å². The lowest BCUT2D eigenvalue weighted by Gasteiger charge is -2.07. The number of hydrogen-bond acceptors (Lipinski definition) is 3. The van der Waals surface area contributed by atoms with Gasteiger partial charge in [0, 0.05) is 22.7 Å². The van der Waals surface area contributed by atoms with E-state index in [2.05, 4.69) is 0 Å². The van der Waals surface area contributed by atoms with Crippen molar-refractivity contribution in [1.29, 1.82) is 0 Å². The molecule has 0 spiro atoms. The van der Waals surface area contributed by atoms with E-state index in [0.29, 0.717) is 16.3 Å². The van der Waals surface area contributed by atoms with E-state index >= 15 is 0 Å². The van der Waals surface area contributed by atoms with E-state index in [-0.39, 0.29) is 11.8 Å². The molecule has 1 rings (SSSR count). The molecule has 3 N–H and O–H groups in total. The summed E-state index contributed by atoms with van der Waals surface area (Å²) in [5.74, 6) is 0.422. The molecule has 0 amide bonds.